The number of amides is 2. The van der Waals surface area contributed by atoms with E-state index in [1.165, 1.54) is 4.90 Å². The Labute approximate surface area is 178 Å². The molecule has 0 radical (unpaired) electrons. The Bertz CT molecular complexity index is 1020. The summed E-state index contributed by atoms with van der Waals surface area (Å²) in [6, 6.07) is 8.12. The van der Waals surface area contributed by atoms with Gasteiger partial charge in [0.15, 0.2) is 5.75 Å². The van der Waals surface area contributed by atoms with Crippen molar-refractivity contribution in [3.05, 3.63) is 63.2 Å². The molecule has 2 amide bonds. The van der Waals surface area contributed by atoms with E-state index >= 15 is 0 Å². The van der Waals surface area contributed by atoms with Gasteiger partial charge >= 0.3 is 0 Å². The monoisotopic (exact) mass is 434 g/mol. The summed E-state index contributed by atoms with van der Waals surface area (Å²) in [7, 11) is 1.57. The quantitative estimate of drug-likeness (QED) is 0.798. The average molecular weight is 435 g/mol. The van der Waals surface area contributed by atoms with Crippen LogP contribution in [0, 0.1) is 6.92 Å². The molecule has 30 heavy (non-hydrogen) atoms. The highest BCUT2D eigenvalue weighted by Gasteiger charge is 2.49. The summed E-state index contributed by atoms with van der Waals surface area (Å²) in [5.41, 5.74) is 3.25. The number of nitrogens with zero attached hydrogens (tertiary/aromatic N) is 1. The van der Waals surface area contributed by atoms with Gasteiger partial charge in [-0.25, -0.2) is 8.78 Å². The van der Waals surface area contributed by atoms with Gasteiger partial charge in [0.05, 0.1) is 23.2 Å². The highest BCUT2D eigenvalue weighted by molar-refractivity contribution is 6.33. The Morgan fingerprint density at radius 3 is 2.70 bits per heavy atom. The van der Waals surface area contributed by atoms with Crippen molar-refractivity contribution in [2.45, 2.75) is 31.7 Å². The van der Waals surface area contributed by atoms with Gasteiger partial charge in [-0.2, -0.15) is 0 Å². The zero-order chi connectivity index (χ0) is 21.6. The van der Waals surface area contributed by atoms with Gasteiger partial charge in [0.2, 0.25) is 0 Å². The zero-order valence-corrected chi connectivity index (χ0v) is 17.4. The molecule has 2 aliphatic heterocycles. The molecule has 0 unspecified atom stereocenters. The maximum absolute atomic E-state index is 13.8. The van der Waals surface area contributed by atoms with E-state index in [2.05, 4.69) is 5.32 Å². The maximum Gasteiger partial charge on any atom is 0.267 e. The molecule has 8 heteroatoms. The predicted octanol–water partition coefficient (Wildman–Crippen LogP) is 3.84. The van der Waals surface area contributed by atoms with Gasteiger partial charge in [-0.1, -0.05) is 23.7 Å². The third-order valence-electron chi connectivity index (χ3n) is 5.70. The lowest BCUT2D eigenvalue weighted by Crippen LogP contribution is -2.37. The molecule has 1 N–H and O–H groups in total. The molecule has 1 fully saturated rings. The third-order valence-corrected chi connectivity index (χ3v) is 6.15. The summed E-state index contributed by atoms with van der Waals surface area (Å²) in [4.78, 5) is 25.9. The van der Waals surface area contributed by atoms with Gasteiger partial charge in [-0.15, -0.1) is 0 Å². The Kier molecular flexibility index (Phi) is 5.18. The Balaban J connectivity index is 1.67. The van der Waals surface area contributed by atoms with Gasteiger partial charge in [0.25, 0.3) is 17.7 Å². The minimum absolute atomic E-state index is 0.00616. The van der Waals surface area contributed by atoms with Gasteiger partial charge in [0, 0.05) is 19.0 Å². The second-order valence-corrected chi connectivity index (χ2v) is 8.14. The molecule has 0 spiro atoms. The molecule has 5 nitrogen and oxygen atoms in total. The topological polar surface area (TPSA) is 58.6 Å². The first kappa shape index (κ1) is 20.6. The second-order valence-electron chi connectivity index (χ2n) is 7.76. The normalized spacial score (nSPS) is 19.6. The molecule has 0 saturated carbocycles. The van der Waals surface area contributed by atoms with Crippen LogP contribution in [0.15, 0.2) is 30.3 Å². The number of ether oxygens (including phenoxy) is 1. The van der Waals surface area contributed by atoms with Gasteiger partial charge < -0.3 is 15.0 Å². The van der Waals surface area contributed by atoms with Crippen molar-refractivity contribution in [3.8, 4) is 5.75 Å². The van der Waals surface area contributed by atoms with E-state index < -0.39 is 30.8 Å². The van der Waals surface area contributed by atoms with Crippen LogP contribution in [0.1, 0.15) is 43.8 Å². The molecular weight excluding hydrogens is 414 g/mol. The van der Waals surface area contributed by atoms with Crippen molar-refractivity contribution in [2.75, 3.05) is 20.2 Å². The maximum atomic E-state index is 13.8. The lowest BCUT2D eigenvalue weighted by Gasteiger charge is -2.20. The van der Waals surface area contributed by atoms with Gasteiger partial charge in [-0.05, 0) is 48.2 Å². The number of benzene rings is 2. The van der Waals surface area contributed by atoms with Crippen molar-refractivity contribution < 1.29 is 23.1 Å². The number of carbonyl (C=O) groups excluding carboxylic acids is 2. The number of alkyl halides is 2. The van der Waals surface area contributed by atoms with E-state index in [1.54, 1.807) is 25.2 Å². The van der Waals surface area contributed by atoms with Crippen molar-refractivity contribution in [1.29, 1.82) is 0 Å². The van der Waals surface area contributed by atoms with Crippen molar-refractivity contribution in [3.63, 3.8) is 0 Å². The Morgan fingerprint density at radius 2 is 2.03 bits per heavy atom. The predicted molar refractivity (Wildman–Crippen MR) is 109 cm³/mol. The van der Waals surface area contributed by atoms with E-state index in [1.807, 2.05) is 19.1 Å². The van der Waals surface area contributed by atoms with Gasteiger partial charge in [-0.3, -0.25) is 9.59 Å². The Hall–Kier alpha value is -2.67. The summed E-state index contributed by atoms with van der Waals surface area (Å²) in [6.07, 6.45) is 0.0631. The number of nitrogens with one attached hydrogen (secondary N) is 1. The van der Waals surface area contributed by atoms with E-state index in [0.717, 1.165) is 16.7 Å². The summed E-state index contributed by atoms with van der Waals surface area (Å²) >= 11 is 6.52. The molecule has 2 aromatic rings. The van der Waals surface area contributed by atoms with E-state index in [4.69, 9.17) is 16.3 Å². The minimum atomic E-state index is -2.91. The third kappa shape index (κ3) is 3.62. The van der Waals surface area contributed by atoms with E-state index in [9.17, 15) is 18.4 Å². The lowest BCUT2D eigenvalue weighted by molar-refractivity contribution is 0.0113. The molecule has 2 aromatic carbocycles. The van der Waals surface area contributed by atoms with Crippen molar-refractivity contribution >= 4 is 23.4 Å². The summed E-state index contributed by atoms with van der Waals surface area (Å²) < 4.78 is 33.4. The summed E-state index contributed by atoms with van der Waals surface area (Å²) in [5, 5.41) is 2.89. The second kappa shape index (κ2) is 7.54. The van der Waals surface area contributed by atoms with Crippen LogP contribution in [0.2, 0.25) is 5.02 Å². The Morgan fingerprint density at radius 1 is 1.33 bits per heavy atom. The SMILES string of the molecule is CNC(=O)c1ccc(Cc2cc3c(c(Cl)c2C)OC[C@H]2CC(F)(F)CN2C3=O)cc1. The van der Waals surface area contributed by atoms with Crippen LogP contribution in [0.5, 0.6) is 5.75 Å². The first-order valence-electron chi connectivity index (χ1n) is 9.65. The first-order chi connectivity index (χ1) is 14.2. The molecular formula is C22H21ClF2N2O3. The van der Waals surface area contributed by atoms with Crippen LogP contribution in [0.3, 0.4) is 0 Å². The molecule has 1 saturated heterocycles. The highest BCUT2D eigenvalue weighted by atomic mass is 35.5. The van der Waals surface area contributed by atoms with Crippen LogP contribution >= 0.6 is 11.6 Å². The highest BCUT2D eigenvalue weighted by Crippen LogP contribution is 2.41. The van der Waals surface area contributed by atoms with E-state index in [-0.39, 0.29) is 23.8 Å². The van der Waals surface area contributed by atoms with Gasteiger partial charge in [0.1, 0.15) is 6.61 Å². The molecule has 0 aliphatic carbocycles. The fourth-order valence-corrected chi connectivity index (χ4v) is 4.30. The number of rotatable bonds is 3. The summed E-state index contributed by atoms with van der Waals surface area (Å²) in [5.74, 6) is -3.31. The average Bonchev–Trinajstić information content (AvgIpc) is 2.98. The number of hydrogen-bond donors (Lipinski definition) is 1. The van der Waals surface area contributed by atoms with Crippen LogP contribution < -0.4 is 10.1 Å². The molecule has 4 rings (SSSR count). The molecule has 1 atom stereocenters. The molecule has 0 bridgehead atoms. The van der Waals surface area contributed by atoms with Crippen LogP contribution in [0.25, 0.3) is 0 Å². The van der Waals surface area contributed by atoms with E-state index in [0.29, 0.717) is 17.0 Å². The molecule has 2 heterocycles. The standard InChI is InChI=1S/C22H21ClF2N2O3/c1-12-15(7-13-3-5-14(6-4-13)20(28)26-2)8-17-19(18(12)23)30-10-16-9-22(24,25)11-27(16)21(17)29/h3-6,8,16H,7,9-11H2,1-2H3,(H,26,28)/t16-/m1/s1. The van der Waals surface area contributed by atoms with Crippen LogP contribution in [0.4, 0.5) is 8.78 Å². The minimum Gasteiger partial charge on any atom is -0.489 e. The van der Waals surface area contributed by atoms with Crippen LogP contribution in [-0.2, 0) is 6.42 Å². The number of hydrogen-bond acceptors (Lipinski definition) is 3. The first-order valence-corrected chi connectivity index (χ1v) is 10.0. The van der Waals surface area contributed by atoms with Crippen molar-refractivity contribution in [1.82, 2.24) is 10.2 Å². The zero-order valence-electron chi connectivity index (χ0n) is 16.6. The number of carbonyl (C=O) groups is 2. The largest absolute Gasteiger partial charge is 0.489 e. The van der Waals surface area contributed by atoms with Crippen molar-refractivity contribution in [2.24, 2.45) is 0 Å². The fourth-order valence-electron chi connectivity index (χ4n) is 4.02. The molecule has 158 valence electrons. The number of halogens is 3. The molecule has 0 aromatic heterocycles. The fraction of sp³-hybridized carbons (Fsp3) is 0.364. The smallest absolute Gasteiger partial charge is 0.267 e. The summed E-state index contributed by atoms with van der Waals surface area (Å²) in [6.45, 7) is 1.22. The number of fused-ring (bicyclic) bond motifs is 2. The lowest BCUT2D eigenvalue weighted by atomic mass is 9.96. The molecule has 2 aliphatic rings. The van der Waals surface area contributed by atoms with Crippen LogP contribution in [-0.4, -0.2) is 48.9 Å².